The molecule has 0 radical (unpaired) electrons. The van der Waals surface area contributed by atoms with Gasteiger partial charge >= 0.3 is 0 Å². The minimum absolute atomic E-state index is 0.279. The Morgan fingerprint density at radius 2 is 1.84 bits per heavy atom. The van der Waals surface area contributed by atoms with E-state index in [1.807, 2.05) is 0 Å². The summed E-state index contributed by atoms with van der Waals surface area (Å²) in [5.74, 6) is -0.354. The van der Waals surface area contributed by atoms with Crippen molar-refractivity contribution in [1.82, 2.24) is 4.98 Å². The molecule has 2 rings (SSSR count). The third kappa shape index (κ3) is 3.48. The molecule has 0 unspecified atom stereocenters. The van der Waals surface area contributed by atoms with Crippen molar-refractivity contribution in [3.05, 3.63) is 55.1 Å². The smallest absolute Gasteiger partial charge is 0.274 e. The Morgan fingerprint density at radius 1 is 1.11 bits per heavy atom. The summed E-state index contributed by atoms with van der Waals surface area (Å²) in [7, 11) is 0. The van der Waals surface area contributed by atoms with Crippen molar-refractivity contribution in [3.8, 4) is 0 Å². The number of hydrogen-bond donors (Lipinski definition) is 1. The second-order valence-corrected chi connectivity index (χ2v) is 6.06. The van der Waals surface area contributed by atoms with Crippen molar-refractivity contribution in [3.63, 3.8) is 0 Å². The zero-order chi connectivity index (χ0) is 14.0. The van der Waals surface area contributed by atoms with Gasteiger partial charge in [-0.3, -0.25) is 4.79 Å². The Kier molecular flexibility index (Phi) is 4.84. The van der Waals surface area contributed by atoms with Crippen LogP contribution in [0.15, 0.2) is 39.4 Å². The first-order chi connectivity index (χ1) is 8.99. The summed E-state index contributed by atoms with van der Waals surface area (Å²) in [4.78, 5) is 16.0. The molecule has 0 spiro atoms. The molecule has 0 fully saturated rings. The van der Waals surface area contributed by atoms with Crippen LogP contribution in [0.1, 0.15) is 10.5 Å². The first-order valence-electron chi connectivity index (χ1n) is 5.05. The second-order valence-electron chi connectivity index (χ2n) is 3.54. The van der Waals surface area contributed by atoms with Crippen molar-refractivity contribution in [2.24, 2.45) is 0 Å². The summed E-state index contributed by atoms with van der Waals surface area (Å²) in [5, 5.41) is 3.29. The monoisotopic (exact) mass is 422 g/mol. The highest BCUT2D eigenvalue weighted by atomic mass is 79.9. The number of carbonyl (C=O) groups is 1. The van der Waals surface area contributed by atoms with Crippen LogP contribution in [0.25, 0.3) is 0 Å². The van der Waals surface area contributed by atoms with E-state index in [1.165, 1.54) is 0 Å². The van der Waals surface area contributed by atoms with Gasteiger partial charge in [0.2, 0.25) is 0 Å². The number of pyridine rings is 1. The van der Waals surface area contributed by atoms with Crippen LogP contribution in [0.5, 0.6) is 0 Å². The zero-order valence-electron chi connectivity index (χ0n) is 9.25. The maximum Gasteiger partial charge on any atom is 0.274 e. The minimum Gasteiger partial charge on any atom is -0.319 e. The quantitative estimate of drug-likeness (QED) is 0.676. The molecule has 1 aromatic heterocycles. The highest BCUT2D eigenvalue weighted by Gasteiger charge is 2.13. The molecule has 0 saturated heterocycles. The standard InChI is InChI=1S/C12H6Br2Cl2N2O/c13-6-1-3-9(17-5-6)12(19)18-8-4-2-7(14)10(15)11(8)16/h1-5H,(H,18,19). The molecular weight excluding hydrogens is 419 g/mol. The van der Waals surface area contributed by atoms with Gasteiger partial charge in [-0.25, -0.2) is 4.98 Å². The molecule has 1 heterocycles. The first kappa shape index (κ1) is 14.8. The second kappa shape index (κ2) is 6.22. The fourth-order valence-corrected chi connectivity index (χ4v) is 2.37. The lowest BCUT2D eigenvalue weighted by Gasteiger charge is -2.09. The summed E-state index contributed by atoms with van der Waals surface area (Å²) in [6.07, 6.45) is 1.55. The average Bonchev–Trinajstić information content (AvgIpc) is 2.40. The van der Waals surface area contributed by atoms with E-state index in [0.717, 1.165) is 4.47 Å². The van der Waals surface area contributed by atoms with Crippen molar-refractivity contribution in [2.75, 3.05) is 5.32 Å². The number of nitrogens with one attached hydrogen (secondary N) is 1. The van der Waals surface area contributed by atoms with Crippen LogP contribution in [-0.4, -0.2) is 10.9 Å². The molecule has 1 aromatic carbocycles. The van der Waals surface area contributed by atoms with Gasteiger partial charge in [-0.05, 0) is 56.1 Å². The number of benzene rings is 1. The third-order valence-corrected chi connectivity index (χ3v) is 4.48. The molecule has 3 nitrogen and oxygen atoms in total. The Bertz CT molecular complexity index is 632. The number of halogens is 4. The largest absolute Gasteiger partial charge is 0.319 e. The van der Waals surface area contributed by atoms with E-state index >= 15 is 0 Å². The molecule has 98 valence electrons. The maximum absolute atomic E-state index is 12.0. The van der Waals surface area contributed by atoms with Gasteiger partial charge in [0.15, 0.2) is 0 Å². The Balaban J connectivity index is 2.24. The van der Waals surface area contributed by atoms with E-state index in [2.05, 4.69) is 42.2 Å². The van der Waals surface area contributed by atoms with Crippen LogP contribution < -0.4 is 5.32 Å². The number of carbonyl (C=O) groups excluding carboxylic acids is 1. The van der Waals surface area contributed by atoms with Gasteiger partial charge < -0.3 is 5.32 Å². The molecule has 0 atom stereocenters. The summed E-state index contributed by atoms with van der Waals surface area (Å²) in [6, 6.07) is 6.71. The number of hydrogen-bond acceptors (Lipinski definition) is 2. The molecule has 0 aliphatic rings. The van der Waals surface area contributed by atoms with E-state index in [0.29, 0.717) is 20.9 Å². The Hall–Kier alpha value is -0.620. The molecule has 0 saturated carbocycles. The number of amides is 1. The molecule has 7 heteroatoms. The van der Waals surface area contributed by atoms with Gasteiger partial charge in [0.25, 0.3) is 5.91 Å². The SMILES string of the molecule is O=C(Nc1ccc(Br)c(Cl)c1Cl)c1ccc(Br)cn1. The van der Waals surface area contributed by atoms with Crippen molar-refractivity contribution >= 4 is 66.7 Å². The molecule has 0 aliphatic heterocycles. The van der Waals surface area contributed by atoms with E-state index in [4.69, 9.17) is 23.2 Å². The van der Waals surface area contributed by atoms with Crippen LogP contribution in [0.2, 0.25) is 10.0 Å². The minimum atomic E-state index is -0.354. The summed E-state index contributed by atoms with van der Waals surface area (Å²) >= 11 is 18.5. The molecular formula is C12H6Br2Cl2N2O. The van der Waals surface area contributed by atoms with Gasteiger partial charge in [-0.2, -0.15) is 0 Å². The lowest BCUT2D eigenvalue weighted by molar-refractivity contribution is 0.102. The topological polar surface area (TPSA) is 42.0 Å². The highest BCUT2D eigenvalue weighted by molar-refractivity contribution is 9.10. The molecule has 1 N–H and O–H groups in total. The highest BCUT2D eigenvalue weighted by Crippen LogP contribution is 2.35. The van der Waals surface area contributed by atoms with Crippen LogP contribution in [-0.2, 0) is 0 Å². The third-order valence-electron chi connectivity index (χ3n) is 2.24. The Morgan fingerprint density at radius 3 is 2.47 bits per heavy atom. The van der Waals surface area contributed by atoms with Crippen LogP contribution in [0, 0.1) is 0 Å². The number of aromatic nitrogens is 1. The fourth-order valence-electron chi connectivity index (χ4n) is 1.32. The van der Waals surface area contributed by atoms with E-state index < -0.39 is 0 Å². The predicted molar refractivity (Wildman–Crippen MR) is 84.1 cm³/mol. The summed E-state index contributed by atoms with van der Waals surface area (Å²) in [6.45, 7) is 0. The number of anilines is 1. The predicted octanol–water partition coefficient (Wildman–Crippen LogP) is 5.17. The maximum atomic E-state index is 12.0. The van der Waals surface area contributed by atoms with Crippen molar-refractivity contribution in [2.45, 2.75) is 0 Å². The molecule has 0 bridgehead atoms. The first-order valence-corrected chi connectivity index (χ1v) is 7.39. The van der Waals surface area contributed by atoms with E-state index in [1.54, 1.807) is 30.5 Å². The number of rotatable bonds is 2. The average molecular weight is 425 g/mol. The van der Waals surface area contributed by atoms with Crippen LogP contribution in [0.4, 0.5) is 5.69 Å². The molecule has 1 amide bonds. The van der Waals surface area contributed by atoms with Crippen LogP contribution >= 0.6 is 55.1 Å². The van der Waals surface area contributed by atoms with Crippen molar-refractivity contribution < 1.29 is 4.79 Å². The Labute approximate surface area is 136 Å². The van der Waals surface area contributed by atoms with Gasteiger partial charge in [-0.15, -0.1) is 0 Å². The molecule has 2 aromatic rings. The summed E-state index contributed by atoms with van der Waals surface area (Å²) in [5.41, 5.74) is 0.725. The van der Waals surface area contributed by atoms with Gasteiger partial charge in [0.05, 0.1) is 15.7 Å². The van der Waals surface area contributed by atoms with E-state index in [-0.39, 0.29) is 10.9 Å². The van der Waals surface area contributed by atoms with Gasteiger partial charge in [-0.1, -0.05) is 23.2 Å². The van der Waals surface area contributed by atoms with Gasteiger partial charge in [0.1, 0.15) is 5.69 Å². The normalized spacial score (nSPS) is 10.3. The lowest BCUT2D eigenvalue weighted by Crippen LogP contribution is -2.13. The number of nitrogens with zero attached hydrogens (tertiary/aromatic N) is 1. The zero-order valence-corrected chi connectivity index (χ0v) is 13.9. The fraction of sp³-hybridized carbons (Fsp3) is 0. The van der Waals surface area contributed by atoms with Crippen molar-refractivity contribution in [1.29, 1.82) is 0 Å². The van der Waals surface area contributed by atoms with Crippen LogP contribution in [0.3, 0.4) is 0 Å². The summed E-state index contributed by atoms with van der Waals surface area (Å²) < 4.78 is 1.47. The molecule has 0 aliphatic carbocycles. The van der Waals surface area contributed by atoms with E-state index in [9.17, 15) is 4.79 Å². The lowest BCUT2D eigenvalue weighted by atomic mass is 10.3. The molecule has 19 heavy (non-hydrogen) atoms. The van der Waals surface area contributed by atoms with Gasteiger partial charge in [0, 0.05) is 15.1 Å².